The molecular weight excluding hydrogens is 294 g/mol. The van der Waals surface area contributed by atoms with Gasteiger partial charge in [0.25, 0.3) is 5.91 Å². The molecule has 0 spiro atoms. The van der Waals surface area contributed by atoms with Gasteiger partial charge in [0.15, 0.2) is 6.10 Å². The maximum absolute atomic E-state index is 12.4. The number of hydrogen-bond acceptors (Lipinski definition) is 3. The quantitative estimate of drug-likeness (QED) is 0.906. The Morgan fingerprint density at radius 1 is 1.13 bits per heavy atom. The summed E-state index contributed by atoms with van der Waals surface area (Å²) in [6, 6.07) is 7.79. The van der Waals surface area contributed by atoms with Crippen molar-refractivity contribution in [3.05, 3.63) is 29.8 Å². The predicted molar refractivity (Wildman–Crippen MR) is 87.6 cm³/mol. The first kappa shape index (κ1) is 17.3. The van der Waals surface area contributed by atoms with Crippen LogP contribution in [0.3, 0.4) is 0 Å². The molecule has 126 valence electrons. The highest BCUT2D eigenvalue weighted by Gasteiger charge is 2.29. The highest BCUT2D eigenvalue weighted by Crippen LogP contribution is 2.21. The molecule has 1 aromatic rings. The molecule has 1 atom stereocenters. The van der Waals surface area contributed by atoms with E-state index in [1.165, 1.54) is 5.56 Å². The molecule has 1 aliphatic rings. The Hall–Kier alpha value is -2.04. The predicted octanol–water partition coefficient (Wildman–Crippen LogP) is 2.90. The van der Waals surface area contributed by atoms with Crippen LogP contribution >= 0.6 is 0 Å². The maximum Gasteiger partial charge on any atom is 0.306 e. The van der Waals surface area contributed by atoms with Crippen LogP contribution < -0.4 is 4.74 Å². The Balaban J connectivity index is 1.89. The van der Waals surface area contributed by atoms with Crippen molar-refractivity contribution < 1.29 is 19.4 Å². The number of hydrogen-bond donors (Lipinski definition) is 1. The van der Waals surface area contributed by atoms with Crippen LogP contribution in [0.2, 0.25) is 0 Å². The van der Waals surface area contributed by atoms with E-state index < -0.39 is 12.1 Å². The third-order valence-electron chi connectivity index (χ3n) is 4.36. The second-order valence-corrected chi connectivity index (χ2v) is 6.42. The molecule has 1 fully saturated rings. The van der Waals surface area contributed by atoms with Crippen LogP contribution in [0.4, 0.5) is 0 Å². The lowest BCUT2D eigenvalue weighted by Gasteiger charge is -2.32. The summed E-state index contributed by atoms with van der Waals surface area (Å²) in [7, 11) is 0. The summed E-state index contributed by atoms with van der Waals surface area (Å²) in [5.41, 5.74) is 1.23. The van der Waals surface area contributed by atoms with Crippen LogP contribution in [0.1, 0.15) is 45.1 Å². The molecule has 1 amide bonds. The van der Waals surface area contributed by atoms with Crippen molar-refractivity contribution in [3.63, 3.8) is 0 Å². The Kier molecular flexibility index (Phi) is 5.64. The van der Waals surface area contributed by atoms with Gasteiger partial charge in [-0.3, -0.25) is 9.59 Å². The lowest BCUT2D eigenvalue weighted by Crippen LogP contribution is -2.45. The van der Waals surface area contributed by atoms with Gasteiger partial charge in [-0.25, -0.2) is 0 Å². The molecule has 23 heavy (non-hydrogen) atoms. The number of carbonyl (C=O) groups is 2. The summed E-state index contributed by atoms with van der Waals surface area (Å²) in [6.07, 6.45) is 0.453. The SMILES string of the molecule is CC(Oc1ccc(C(C)C)cc1)C(=O)N1CCC(C(=O)O)CC1. The third-order valence-corrected chi connectivity index (χ3v) is 4.36. The van der Waals surface area contributed by atoms with E-state index in [1.54, 1.807) is 11.8 Å². The van der Waals surface area contributed by atoms with E-state index in [4.69, 9.17) is 9.84 Å². The number of carbonyl (C=O) groups excluding carboxylic acids is 1. The molecular formula is C18H25NO4. The summed E-state index contributed by atoms with van der Waals surface area (Å²) < 4.78 is 5.73. The molecule has 0 radical (unpaired) electrons. The molecule has 2 rings (SSSR count). The second kappa shape index (κ2) is 7.49. The Morgan fingerprint density at radius 3 is 2.17 bits per heavy atom. The highest BCUT2D eigenvalue weighted by atomic mass is 16.5. The van der Waals surface area contributed by atoms with E-state index in [2.05, 4.69) is 13.8 Å². The number of carboxylic acid groups (broad SMARTS) is 1. The van der Waals surface area contributed by atoms with E-state index in [9.17, 15) is 9.59 Å². The van der Waals surface area contributed by atoms with Crippen molar-refractivity contribution in [3.8, 4) is 5.75 Å². The van der Waals surface area contributed by atoms with Gasteiger partial charge in [-0.1, -0.05) is 26.0 Å². The van der Waals surface area contributed by atoms with Gasteiger partial charge in [-0.15, -0.1) is 0 Å². The van der Waals surface area contributed by atoms with Crippen LogP contribution in [0.25, 0.3) is 0 Å². The summed E-state index contributed by atoms with van der Waals surface area (Å²) >= 11 is 0. The first-order valence-corrected chi connectivity index (χ1v) is 8.16. The molecule has 0 aliphatic carbocycles. The van der Waals surface area contributed by atoms with E-state index in [0.29, 0.717) is 37.6 Å². The molecule has 0 saturated carbocycles. The van der Waals surface area contributed by atoms with Crippen molar-refractivity contribution in [2.45, 2.75) is 45.6 Å². The van der Waals surface area contributed by atoms with Crippen LogP contribution in [-0.4, -0.2) is 41.1 Å². The molecule has 1 saturated heterocycles. The van der Waals surface area contributed by atoms with Crippen molar-refractivity contribution in [1.82, 2.24) is 4.90 Å². The van der Waals surface area contributed by atoms with Crippen molar-refractivity contribution >= 4 is 11.9 Å². The van der Waals surface area contributed by atoms with Gasteiger partial charge < -0.3 is 14.7 Å². The lowest BCUT2D eigenvalue weighted by molar-refractivity contribution is -0.147. The fourth-order valence-electron chi connectivity index (χ4n) is 2.79. The molecule has 5 heteroatoms. The molecule has 1 unspecified atom stereocenters. The zero-order chi connectivity index (χ0) is 17.0. The number of amides is 1. The van der Waals surface area contributed by atoms with Gasteiger partial charge in [-0.05, 0) is 43.4 Å². The Bertz CT molecular complexity index is 545. The first-order valence-electron chi connectivity index (χ1n) is 8.16. The Labute approximate surface area is 137 Å². The number of likely N-dealkylation sites (tertiary alicyclic amines) is 1. The highest BCUT2D eigenvalue weighted by molar-refractivity contribution is 5.81. The topological polar surface area (TPSA) is 66.8 Å². The molecule has 1 aromatic carbocycles. The zero-order valence-corrected chi connectivity index (χ0v) is 14.0. The monoisotopic (exact) mass is 319 g/mol. The van der Waals surface area contributed by atoms with Crippen LogP contribution in [0.15, 0.2) is 24.3 Å². The fourth-order valence-corrected chi connectivity index (χ4v) is 2.79. The second-order valence-electron chi connectivity index (χ2n) is 6.42. The summed E-state index contributed by atoms with van der Waals surface area (Å²) in [4.78, 5) is 25.1. The smallest absolute Gasteiger partial charge is 0.306 e. The van der Waals surface area contributed by atoms with Gasteiger partial charge in [0.1, 0.15) is 5.75 Å². The standard InChI is InChI=1S/C18H25NO4/c1-12(2)14-4-6-16(7-5-14)23-13(3)17(20)19-10-8-15(9-11-19)18(21)22/h4-7,12-13,15H,8-11H2,1-3H3,(H,21,22). The molecule has 1 heterocycles. The minimum absolute atomic E-state index is 0.0817. The number of aliphatic carboxylic acids is 1. The Morgan fingerprint density at radius 2 is 1.70 bits per heavy atom. The van der Waals surface area contributed by atoms with Gasteiger partial charge in [0.05, 0.1) is 5.92 Å². The third kappa shape index (κ3) is 4.47. The number of carboxylic acids is 1. The van der Waals surface area contributed by atoms with Crippen molar-refractivity contribution in [2.75, 3.05) is 13.1 Å². The van der Waals surface area contributed by atoms with E-state index in [-0.39, 0.29) is 11.8 Å². The average Bonchev–Trinajstić information content (AvgIpc) is 2.54. The van der Waals surface area contributed by atoms with Crippen molar-refractivity contribution in [1.29, 1.82) is 0 Å². The number of nitrogens with zero attached hydrogens (tertiary/aromatic N) is 1. The van der Waals surface area contributed by atoms with Gasteiger partial charge >= 0.3 is 5.97 Å². The number of ether oxygens (including phenoxy) is 1. The largest absolute Gasteiger partial charge is 0.481 e. The molecule has 0 bridgehead atoms. The van der Waals surface area contributed by atoms with E-state index in [1.807, 2.05) is 24.3 Å². The fraction of sp³-hybridized carbons (Fsp3) is 0.556. The first-order chi connectivity index (χ1) is 10.9. The van der Waals surface area contributed by atoms with E-state index >= 15 is 0 Å². The summed E-state index contributed by atoms with van der Waals surface area (Å²) in [6.45, 7) is 6.96. The van der Waals surface area contributed by atoms with Crippen LogP contribution in [0, 0.1) is 5.92 Å². The van der Waals surface area contributed by atoms with Crippen LogP contribution in [-0.2, 0) is 9.59 Å². The number of benzene rings is 1. The molecule has 0 aromatic heterocycles. The van der Waals surface area contributed by atoms with Gasteiger partial charge in [-0.2, -0.15) is 0 Å². The minimum Gasteiger partial charge on any atom is -0.481 e. The van der Waals surface area contributed by atoms with E-state index in [0.717, 1.165) is 0 Å². The minimum atomic E-state index is -0.772. The molecule has 1 aliphatic heterocycles. The summed E-state index contributed by atoms with van der Waals surface area (Å²) in [5, 5.41) is 9.00. The van der Waals surface area contributed by atoms with Crippen molar-refractivity contribution in [2.24, 2.45) is 5.92 Å². The normalized spacial score (nSPS) is 17.1. The lowest BCUT2D eigenvalue weighted by atomic mass is 9.97. The molecule has 5 nitrogen and oxygen atoms in total. The van der Waals surface area contributed by atoms with Gasteiger partial charge in [0.2, 0.25) is 0 Å². The zero-order valence-electron chi connectivity index (χ0n) is 14.0. The van der Waals surface area contributed by atoms with Crippen LogP contribution in [0.5, 0.6) is 5.75 Å². The number of rotatable bonds is 5. The summed E-state index contributed by atoms with van der Waals surface area (Å²) in [5.74, 6) is -0.0541. The number of piperidine rings is 1. The maximum atomic E-state index is 12.4. The average molecular weight is 319 g/mol. The van der Waals surface area contributed by atoms with Gasteiger partial charge in [0, 0.05) is 13.1 Å². The molecule has 1 N–H and O–H groups in total.